The lowest BCUT2D eigenvalue weighted by Gasteiger charge is -2.11. The molecular formula is C11H13NO2. The Labute approximate surface area is 83.7 Å². The minimum atomic E-state index is -0.178. The molecule has 0 aliphatic heterocycles. The van der Waals surface area contributed by atoms with Crippen molar-refractivity contribution >= 4 is 5.91 Å². The van der Waals surface area contributed by atoms with Gasteiger partial charge >= 0.3 is 0 Å². The molecule has 1 rings (SSSR count). The van der Waals surface area contributed by atoms with Crippen LogP contribution in [-0.4, -0.2) is 24.4 Å². The van der Waals surface area contributed by atoms with E-state index in [2.05, 4.69) is 5.92 Å². The number of carbonyl (C=O) groups excluding carboxylic acids is 1. The zero-order valence-corrected chi connectivity index (χ0v) is 8.41. The van der Waals surface area contributed by atoms with E-state index < -0.39 is 0 Å². The molecule has 0 aliphatic carbocycles. The summed E-state index contributed by atoms with van der Waals surface area (Å²) < 4.78 is 5.30. The molecule has 1 aromatic rings. The van der Waals surface area contributed by atoms with Gasteiger partial charge in [0.25, 0.3) is 5.91 Å². The predicted molar refractivity (Wildman–Crippen MR) is 53.9 cm³/mol. The van der Waals surface area contributed by atoms with Crippen molar-refractivity contribution in [1.29, 1.82) is 0 Å². The van der Waals surface area contributed by atoms with Gasteiger partial charge in [-0.3, -0.25) is 4.79 Å². The smallest absolute Gasteiger partial charge is 0.290 e. The molecule has 0 saturated carbocycles. The minimum absolute atomic E-state index is 0.178. The maximum Gasteiger partial charge on any atom is 0.290 e. The Bertz CT molecular complexity index is 360. The molecule has 0 radical (unpaired) electrons. The van der Waals surface area contributed by atoms with Gasteiger partial charge in [0.2, 0.25) is 0 Å². The Hall–Kier alpha value is -1.69. The zero-order valence-electron chi connectivity index (χ0n) is 8.41. The third kappa shape index (κ3) is 2.17. The molecule has 0 aromatic carbocycles. The molecule has 0 atom stereocenters. The number of terminal acetylenes is 1. The molecule has 14 heavy (non-hydrogen) atoms. The zero-order chi connectivity index (χ0) is 10.6. The summed E-state index contributed by atoms with van der Waals surface area (Å²) in [6, 6.07) is 3.48. The van der Waals surface area contributed by atoms with Crippen LogP contribution in [0.2, 0.25) is 0 Å². The lowest BCUT2D eigenvalue weighted by molar-refractivity contribution is 0.0779. The van der Waals surface area contributed by atoms with Crippen LogP contribution in [0.25, 0.3) is 0 Å². The number of rotatable bonds is 3. The van der Waals surface area contributed by atoms with Crippen molar-refractivity contribution in [3.8, 4) is 12.3 Å². The first kappa shape index (κ1) is 10.4. The van der Waals surface area contributed by atoms with Crippen molar-refractivity contribution in [3.05, 3.63) is 23.7 Å². The van der Waals surface area contributed by atoms with E-state index in [0.29, 0.717) is 12.3 Å². The highest BCUT2D eigenvalue weighted by atomic mass is 16.4. The van der Waals surface area contributed by atoms with Gasteiger partial charge in [-0.2, -0.15) is 0 Å². The number of amides is 1. The Kier molecular flexibility index (Phi) is 3.35. The van der Waals surface area contributed by atoms with Crippen LogP contribution in [0.3, 0.4) is 0 Å². The van der Waals surface area contributed by atoms with E-state index in [4.69, 9.17) is 10.8 Å². The molecule has 0 spiro atoms. The van der Waals surface area contributed by atoms with Crippen molar-refractivity contribution in [3.63, 3.8) is 0 Å². The normalized spacial score (nSPS) is 9.50. The van der Waals surface area contributed by atoms with Crippen LogP contribution in [-0.2, 0) is 6.42 Å². The second kappa shape index (κ2) is 4.52. The Balaban J connectivity index is 2.74. The van der Waals surface area contributed by atoms with Crippen LogP contribution in [0.4, 0.5) is 0 Å². The summed E-state index contributed by atoms with van der Waals surface area (Å²) >= 11 is 0. The highest BCUT2D eigenvalue weighted by Gasteiger charge is 2.14. The van der Waals surface area contributed by atoms with Crippen LogP contribution in [0.15, 0.2) is 16.5 Å². The maximum atomic E-state index is 11.6. The van der Waals surface area contributed by atoms with Gasteiger partial charge in [-0.25, -0.2) is 0 Å². The summed E-state index contributed by atoms with van der Waals surface area (Å²) in [5.74, 6) is 3.38. The fourth-order valence-electron chi connectivity index (χ4n) is 1.08. The predicted octanol–water partition coefficient (Wildman–Crippen LogP) is 1.55. The first-order valence-electron chi connectivity index (χ1n) is 4.46. The molecule has 0 bridgehead atoms. The molecule has 0 aliphatic rings. The lowest BCUT2D eigenvalue weighted by atomic mass is 10.3. The SMILES string of the molecule is C#CCN(C)C(=O)c1ccc(CC)o1. The van der Waals surface area contributed by atoms with Crippen LogP contribution in [0, 0.1) is 12.3 Å². The van der Waals surface area contributed by atoms with Crippen LogP contribution >= 0.6 is 0 Å². The molecule has 1 aromatic heterocycles. The van der Waals surface area contributed by atoms with Gasteiger partial charge < -0.3 is 9.32 Å². The highest BCUT2D eigenvalue weighted by Crippen LogP contribution is 2.10. The van der Waals surface area contributed by atoms with Crippen molar-refractivity contribution in [2.75, 3.05) is 13.6 Å². The number of carbonyl (C=O) groups is 1. The van der Waals surface area contributed by atoms with Gasteiger partial charge in [-0.15, -0.1) is 6.42 Å². The Morgan fingerprint density at radius 2 is 2.36 bits per heavy atom. The summed E-state index contributed by atoms with van der Waals surface area (Å²) in [5.41, 5.74) is 0. The van der Waals surface area contributed by atoms with E-state index in [0.717, 1.165) is 12.2 Å². The Morgan fingerprint density at radius 1 is 1.64 bits per heavy atom. The lowest BCUT2D eigenvalue weighted by Crippen LogP contribution is -2.26. The van der Waals surface area contributed by atoms with Crippen LogP contribution < -0.4 is 0 Å². The topological polar surface area (TPSA) is 33.5 Å². The molecule has 74 valence electrons. The van der Waals surface area contributed by atoms with Gasteiger partial charge in [0, 0.05) is 13.5 Å². The standard InChI is InChI=1S/C11H13NO2/c1-4-8-12(3)11(13)10-7-6-9(5-2)14-10/h1,6-7H,5,8H2,2-3H3. The monoisotopic (exact) mass is 191 g/mol. The average molecular weight is 191 g/mol. The number of hydrogen-bond donors (Lipinski definition) is 0. The average Bonchev–Trinajstić information content (AvgIpc) is 2.65. The molecule has 0 fully saturated rings. The van der Waals surface area contributed by atoms with Crippen molar-refractivity contribution in [2.45, 2.75) is 13.3 Å². The van der Waals surface area contributed by atoms with Crippen molar-refractivity contribution < 1.29 is 9.21 Å². The first-order valence-corrected chi connectivity index (χ1v) is 4.46. The molecule has 0 N–H and O–H groups in total. The first-order chi connectivity index (χ1) is 6.69. The van der Waals surface area contributed by atoms with Gasteiger partial charge in [-0.1, -0.05) is 12.8 Å². The fourth-order valence-corrected chi connectivity index (χ4v) is 1.08. The molecule has 1 amide bonds. The molecule has 0 saturated heterocycles. The third-order valence-electron chi connectivity index (χ3n) is 1.90. The quantitative estimate of drug-likeness (QED) is 0.679. The van der Waals surface area contributed by atoms with E-state index >= 15 is 0 Å². The molecule has 1 heterocycles. The summed E-state index contributed by atoms with van der Waals surface area (Å²) in [6.07, 6.45) is 5.89. The second-order valence-electron chi connectivity index (χ2n) is 2.98. The summed E-state index contributed by atoms with van der Waals surface area (Å²) in [7, 11) is 1.65. The van der Waals surface area contributed by atoms with Gasteiger partial charge in [-0.05, 0) is 12.1 Å². The van der Waals surface area contributed by atoms with Gasteiger partial charge in [0.05, 0.1) is 6.54 Å². The van der Waals surface area contributed by atoms with E-state index in [9.17, 15) is 4.79 Å². The minimum Gasteiger partial charge on any atom is -0.456 e. The third-order valence-corrected chi connectivity index (χ3v) is 1.90. The summed E-state index contributed by atoms with van der Waals surface area (Å²) in [6.45, 7) is 2.26. The summed E-state index contributed by atoms with van der Waals surface area (Å²) in [4.78, 5) is 13.0. The maximum absolute atomic E-state index is 11.6. The molecular weight excluding hydrogens is 178 g/mol. The number of nitrogens with zero attached hydrogens (tertiary/aromatic N) is 1. The van der Waals surface area contributed by atoms with Crippen molar-refractivity contribution in [1.82, 2.24) is 4.90 Å². The second-order valence-corrected chi connectivity index (χ2v) is 2.98. The van der Waals surface area contributed by atoms with E-state index in [-0.39, 0.29) is 5.91 Å². The molecule has 3 nitrogen and oxygen atoms in total. The number of aryl methyl sites for hydroxylation is 1. The van der Waals surface area contributed by atoms with Crippen molar-refractivity contribution in [2.24, 2.45) is 0 Å². The number of hydrogen-bond acceptors (Lipinski definition) is 2. The molecule has 0 unspecified atom stereocenters. The van der Waals surface area contributed by atoms with E-state index in [1.54, 1.807) is 19.2 Å². The van der Waals surface area contributed by atoms with Gasteiger partial charge in [0.15, 0.2) is 5.76 Å². The fraction of sp³-hybridized carbons (Fsp3) is 0.364. The van der Waals surface area contributed by atoms with Crippen LogP contribution in [0.5, 0.6) is 0 Å². The Morgan fingerprint density at radius 3 is 2.86 bits per heavy atom. The highest BCUT2D eigenvalue weighted by molar-refractivity contribution is 5.91. The van der Waals surface area contributed by atoms with E-state index in [1.807, 2.05) is 6.92 Å². The largest absolute Gasteiger partial charge is 0.456 e. The molecule has 3 heteroatoms. The van der Waals surface area contributed by atoms with E-state index in [1.165, 1.54) is 4.90 Å². The summed E-state index contributed by atoms with van der Waals surface area (Å²) in [5, 5.41) is 0. The van der Waals surface area contributed by atoms with Crippen LogP contribution in [0.1, 0.15) is 23.2 Å². The number of furan rings is 1. The van der Waals surface area contributed by atoms with Gasteiger partial charge in [0.1, 0.15) is 5.76 Å².